The summed E-state index contributed by atoms with van der Waals surface area (Å²) < 4.78 is 4.98. The van der Waals surface area contributed by atoms with E-state index in [0.29, 0.717) is 11.3 Å². The molecule has 5 N–H and O–H groups in total. The molecule has 0 saturated carbocycles. The number of Topliss-reactive ketones (excluding diaryl/α,β-unsaturated/α-hetero) is 1. The van der Waals surface area contributed by atoms with Crippen LogP contribution in [-0.4, -0.2) is 57.0 Å². The molecule has 1 aliphatic heterocycles. The molecule has 1 aliphatic rings. The first-order chi connectivity index (χ1) is 9.40. The van der Waals surface area contributed by atoms with Gasteiger partial charge in [-0.2, -0.15) is 0 Å². The molecule has 1 fully saturated rings. The zero-order valence-corrected chi connectivity index (χ0v) is 10.8. The van der Waals surface area contributed by atoms with Gasteiger partial charge in [-0.1, -0.05) is 0 Å². The van der Waals surface area contributed by atoms with Crippen molar-refractivity contribution in [3.8, 4) is 0 Å². The number of anilines is 1. The lowest BCUT2D eigenvalue weighted by Gasteiger charge is -2.38. The summed E-state index contributed by atoms with van der Waals surface area (Å²) >= 11 is 0. The first kappa shape index (κ1) is 14.9. The molecule has 5 atom stereocenters. The van der Waals surface area contributed by atoms with Gasteiger partial charge in [0.2, 0.25) is 0 Å². The van der Waals surface area contributed by atoms with Gasteiger partial charge in [-0.15, -0.1) is 0 Å². The number of aliphatic hydroxyl groups is 4. The second-order valence-electron chi connectivity index (χ2n) is 4.70. The minimum atomic E-state index is -1.60. The lowest BCUT2D eigenvalue weighted by molar-refractivity contribution is -0.275. The fourth-order valence-electron chi connectivity index (χ4n) is 1.95. The fraction of sp³-hybridized carbons (Fsp3) is 0.462. The number of hydrogen-bond donors (Lipinski definition) is 5. The molecule has 0 spiro atoms. The summed E-state index contributed by atoms with van der Waals surface area (Å²) in [6.07, 6.45) is -7.16. The van der Waals surface area contributed by atoms with Crippen LogP contribution in [0.5, 0.6) is 0 Å². The van der Waals surface area contributed by atoms with Crippen LogP contribution in [0.2, 0.25) is 0 Å². The second-order valence-corrected chi connectivity index (χ2v) is 4.70. The van der Waals surface area contributed by atoms with E-state index in [1.54, 1.807) is 24.3 Å². The van der Waals surface area contributed by atoms with Gasteiger partial charge in [-0.25, -0.2) is 0 Å². The van der Waals surface area contributed by atoms with Gasteiger partial charge in [0.05, 0.1) is 0 Å². The third kappa shape index (κ3) is 2.97. The van der Waals surface area contributed by atoms with Crippen molar-refractivity contribution in [3.05, 3.63) is 29.8 Å². The molecule has 7 heteroatoms. The summed E-state index contributed by atoms with van der Waals surface area (Å²) in [6, 6.07) is 6.41. The fourth-order valence-corrected chi connectivity index (χ4v) is 1.95. The highest BCUT2D eigenvalue weighted by Gasteiger charge is 2.42. The average molecular weight is 283 g/mol. The Morgan fingerprint density at radius 1 is 1.05 bits per heavy atom. The Morgan fingerprint density at radius 3 is 2.20 bits per heavy atom. The molecular weight excluding hydrogens is 266 g/mol. The van der Waals surface area contributed by atoms with Crippen LogP contribution in [0.15, 0.2) is 24.3 Å². The van der Waals surface area contributed by atoms with Crippen molar-refractivity contribution in [1.29, 1.82) is 0 Å². The van der Waals surface area contributed by atoms with Gasteiger partial charge >= 0.3 is 0 Å². The maximum absolute atomic E-state index is 11.1. The molecule has 1 aromatic carbocycles. The number of nitrogens with one attached hydrogen (secondary N) is 1. The molecule has 2 rings (SSSR count). The number of benzene rings is 1. The van der Waals surface area contributed by atoms with Crippen LogP contribution in [0, 0.1) is 0 Å². The largest absolute Gasteiger partial charge is 0.387 e. The third-order valence-electron chi connectivity index (χ3n) is 3.19. The van der Waals surface area contributed by atoms with Gasteiger partial charge in [0.15, 0.2) is 18.3 Å². The van der Waals surface area contributed by atoms with Crippen molar-refractivity contribution in [2.24, 2.45) is 0 Å². The Bertz CT molecular complexity index is 476. The highest BCUT2D eigenvalue weighted by atomic mass is 16.6. The molecule has 0 aromatic heterocycles. The van der Waals surface area contributed by atoms with Crippen LogP contribution in [-0.2, 0) is 4.74 Å². The number of ether oxygens (including phenoxy) is 1. The first-order valence-corrected chi connectivity index (χ1v) is 6.15. The van der Waals surface area contributed by atoms with E-state index in [0.717, 1.165) is 0 Å². The van der Waals surface area contributed by atoms with Crippen LogP contribution in [0.4, 0.5) is 5.69 Å². The van der Waals surface area contributed by atoms with Crippen molar-refractivity contribution >= 4 is 11.5 Å². The lowest BCUT2D eigenvalue weighted by atomic mass is 10.0. The van der Waals surface area contributed by atoms with E-state index >= 15 is 0 Å². The minimum absolute atomic E-state index is 0.0699. The van der Waals surface area contributed by atoms with Crippen LogP contribution in [0.1, 0.15) is 17.3 Å². The zero-order chi connectivity index (χ0) is 14.9. The molecule has 1 aromatic rings. The third-order valence-corrected chi connectivity index (χ3v) is 3.19. The van der Waals surface area contributed by atoms with E-state index in [1.165, 1.54) is 6.92 Å². The van der Waals surface area contributed by atoms with E-state index in [9.17, 15) is 25.2 Å². The Hall–Kier alpha value is -1.51. The normalized spacial score (nSPS) is 33.8. The summed E-state index contributed by atoms with van der Waals surface area (Å²) in [5, 5.41) is 40.8. The topological polar surface area (TPSA) is 119 Å². The highest BCUT2D eigenvalue weighted by molar-refractivity contribution is 5.94. The van der Waals surface area contributed by atoms with E-state index in [4.69, 9.17) is 4.74 Å². The lowest BCUT2D eigenvalue weighted by Crippen LogP contribution is -2.59. The molecule has 20 heavy (non-hydrogen) atoms. The number of carbonyl (C=O) groups is 1. The number of carbonyl (C=O) groups excluding carboxylic acids is 1. The second kappa shape index (κ2) is 5.86. The van der Waals surface area contributed by atoms with E-state index in [1.807, 2.05) is 0 Å². The van der Waals surface area contributed by atoms with Gasteiger partial charge in [0.1, 0.15) is 18.3 Å². The first-order valence-electron chi connectivity index (χ1n) is 6.15. The molecule has 0 bridgehead atoms. The predicted octanol–water partition coefficient (Wildman–Crippen LogP) is -0.942. The summed E-state index contributed by atoms with van der Waals surface area (Å²) in [5.74, 6) is -0.0699. The van der Waals surface area contributed by atoms with Crippen LogP contribution >= 0.6 is 0 Å². The van der Waals surface area contributed by atoms with Gasteiger partial charge in [-0.05, 0) is 31.2 Å². The quantitative estimate of drug-likeness (QED) is 0.454. The van der Waals surface area contributed by atoms with Crippen LogP contribution in [0.3, 0.4) is 0 Å². The highest BCUT2D eigenvalue weighted by Crippen LogP contribution is 2.22. The molecule has 7 nitrogen and oxygen atoms in total. The Kier molecular flexibility index (Phi) is 4.36. The number of rotatable bonds is 3. The van der Waals surface area contributed by atoms with Crippen molar-refractivity contribution in [2.75, 3.05) is 5.32 Å². The Balaban J connectivity index is 2.07. The molecule has 110 valence electrons. The molecular formula is C13H17NO6. The summed E-state index contributed by atoms with van der Waals surface area (Å²) in [5.41, 5.74) is 1.07. The van der Waals surface area contributed by atoms with Gasteiger partial charge in [0.25, 0.3) is 0 Å². The molecule has 1 saturated heterocycles. The molecule has 1 heterocycles. The van der Waals surface area contributed by atoms with E-state index in [-0.39, 0.29) is 5.78 Å². The molecule has 0 amide bonds. The van der Waals surface area contributed by atoms with Gasteiger partial charge < -0.3 is 30.5 Å². The number of hydrogen-bond acceptors (Lipinski definition) is 7. The van der Waals surface area contributed by atoms with Crippen molar-refractivity contribution in [2.45, 2.75) is 37.8 Å². The maximum atomic E-state index is 11.1. The zero-order valence-electron chi connectivity index (χ0n) is 10.8. The smallest absolute Gasteiger partial charge is 0.186 e. The summed E-state index contributed by atoms with van der Waals surface area (Å²) in [4.78, 5) is 11.1. The minimum Gasteiger partial charge on any atom is -0.387 e. The molecule has 0 radical (unpaired) electrons. The number of aliphatic hydroxyl groups excluding tert-OH is 4. The standard InChI is InChI=1S/C13H17NO6/c1-6(15)7-2-4-8(5-3-7)14-12-10(17)9(16)11(18)13(19)20-12/h2-5,9-14,16-19H,1H3/t9-,10+,11-,12-,13+/m0/s1. The summed E-state index contributed by atoms with van der Waals surface area (Å²) in [7, 11) is 0. The van der Waals surface area contributed by atoms with Crippen molar-refractivity contribution in [1.82, 2.24) is 0 Å². The average Bonchev–Trinajstić information content (AvgIpc) is 2.43. The molecule has 0 unspecified atom stereocenters. The monoisotopic (exact) mass is 283 g/mol. The molecule has 0 aliphatic carbocycles. The van der Waals surface area contributed by atoms with E-state index < -0.39 is 30.8 Å². The Labute approximate surface area is 115 Å². The predicted molar refractivity (Wildman–Crippen MR) is 69.0 cm³/mol. The number of ketones is 1. The summed E-state index contributed by atoms with van der Waals surface area (Å²) in [6.45, 7) is 1.45. The van der Waals surface area contributed by atoms with Gasteiger partial charge in [0, 0.05) is 11.3 Å². The van der Waals surface area contributed by atoms with E-state index in [2.05, 4.69) is 5.32 Å². The Morgan fingerprint density at radius 2 is 1.65 bits per heavy atom. The van der Waals surface area contributed by atoms with Crippen molar-refractivity contribution in [3.63, 3.8) is 0 Å². The van der Waals surface area contributed by atoms with Crippen molar-refractivity contribution < 1.29 is 30.0 Å². The van der Waals surface area contributed by atoms with Gasteiger partial charge in [-0.3, -0.25) is 4.79 Å². The maximum Gasteiger partial charge on any atom is 0.186 e. The van der Waals surface area contributed by atoms with Crippen LogP contribution in [0.25, 0.3) is 0 Å². The SMILES string of the molecule is CC(=O)c1ccc(N[C@H]2O[C@@H](O)[C@@H](O)[C@@H](O)[C@H]2O)cc1. The van der Waals surface area contributed by atoms with Crippen LogP contribution < -0.4 is 5.32 Å².